The highest BCUT2D eigenvalue weighted by Gasteiger charge is 2.17. The molecule has 0 saturated carbocycles. The fourth-order valence-electron chi connectivity index (χ4n) is 4.11. The van der Waals surface area contributed by atoms with Crippen molar-refractivity contribution in [2.24, 2.45) is 0 Å². The molecule has 0 fully saturated rings. The Morgan fingerprint density at radius 1 is 0.774 bits per heavy atom. The summed E-state index contributed by atoms with van der Waals surface area (Å²) in [6, 6.07) is 1.34. The maximum absolute atomic E-state index is 11.5. The van der Waals surface area contributed by atoms with Gasteiger partial charge in [-0.05, 0) is 18.6 Å². The number of unbranched alkanes of at least 4 members (excludes halogenated alkanes) is 15. The van der Waals surface area contributed by atoms with Crippen molar-refractivity contribution in [1.82, 2.24) is 0 Å². The van der Waals surface area contributed by atoms with Gasteiger partial charge in [0.25, 0.3) is 0 Å². The van der Waals surface area contributed by atoms with Gasteiger partial charge in [0.2, 0.25) is 0 Å². The van der Waals surface area contributed by atoms with E-state index >= 15 is 0 Å². The normalized spacial score (nSPS) is 11.5. The minimum absolute atomic E-state index is 0. The van der Waals surface area contributed by atoms with Gasteiger partial charge in [-0.25, -0.2) is 0 Å². The summed E-state index contributed by atoms with van der Waals surface area (Å²) >= 11 is 0. The van der Waals surface area contributed by atoms with Crippen LogP contribution >= 0.6 is 24.0 Å². The van der Waals surface area contributed by atoms with Gasteiger partial charge in [0, 0.05) is 6.07 Å². The van der Waals surface area contributed by atoms with E-state index < -0.39 is 11.2 Å². The zero-order valence-electron chi connectivity index (χ0n) is 20.5. The lowest BCUT2D eigenvalue weighted by Gasteiger charge is -2.29. The minimum atomic E-state index is -0.568. The molecule has 0 radical (unpaired) electrons. The maximum atomic E-state index is 11.5. The van der Waals surface area contributed by atoms with E-state index in [-0.39, 0.29) is 24.0 Å². The van der Waals surface area contributed by atoms with E-state index in [0.717, 1.165) is 17.3 Å². The second-order valence-electron chi connectivity index (χ2n) is 9.70. The zero-order chi connectivity index (χ0) is 22.1. The first-order valence-corrected chi connectivity index (χ1v) is 12.6. The molecule has 0 unspecified atom stereocenters. The first-order chi connectivity index (χ1) is 14.4. The van der Waals surface area contributed by atoms with Gasteiger partial charge >= 0.3 is 0 Å². The summed E-state index contributed by atoms with van der Waals surface area (Å²) in [5.41, 5.74) is -0.473. The molecule has 1 heterocycles. The van der Waals surface area contributed by atoms with Crippen LogP contribution in [0, 0.1) is 0 Å². The fraction of sp³-hybridized carbons (Fsp3) is 0.808. The van der Waals surface area contributed by atoms with Crippen molar-refractivity contribution in [2.45, 2.75) is 116 Å². The van der Waals surface area contributed by atoms with Gasteiger partial charge < -0.3 is 14.0 Å². The summed E-state index contributed by atoms with van der Waals surface area (Å²) in [6.45, 7) is 3.98. The molecule has 0 aliphatic rings. The molecule has 1 aromatic rings. The maximum Gasteiger partial charge on any atom is 0.177 e. The molecule has 0 saturated heterocycles. The fourth-order valence-corrected chi connectivity index (χ4v) is 4.11. The largest absolute Gasteiger partial charge is 0.868 e. The Morgan fingerprint density at radius 3 is 1.61 bits per heavy atom. The van der Waals surface area contributed by atoms with Crippen molar-refractivity contribution in [3.63, 3.8) is 0 Å². The Hall–Kier alpha value is -0.560. The molecule has 31 heavy (non-hydrogen) atoms. The van der Waals surface area contributed by atoms with E-state index in [0.29, 0.717) is 12.3 Å². The Bertz CT molecular complexity index is 601. The third-order valence-corrected chi connectivity index (χ3v) is 6.05. The second kappa shape index (κ2) is 19.0. The molecule has 5 heteroatoms. The van der Waals surface area contributed by atoms with Gasteiger partial charge in [-0.1, -0.05) is 96.8 Å². The lowest BCUT2D eigenvalue weighted by atomic mass is 10.0. The highest BCUT2D eigenvalue weighted by molar-refractivity contribution is 14.0. The standard InChI is InChI=1S/C26H47NO3.HI/c1-4-5-6-7-8-9-10-11-12-13-14-15-16-17-18-19-20-27(2,3)22-24-21-25(28)26(29)23-30-24;/h21,23H,4-20,22H2,1-3H3;1H. The highest BCUT2D eigenvalue weighted by atomic mass is 127. The number of hydrogen-bond acceptors (Lipinski definition) is 3. The van der Waals surface area contributed by atoms with Crippen molar-refractivity contribution < 1.29 is 14.0 Å². The summed E-state index contributed by atoms with van der Waals surface area (Å²) in [7, 11) is 4.30. The van der Waals surface area contributed by atoms with Crippen molar-refractivity contribution in [3.8, 4) is 5.75 Å². The van der Waals surface area contributed by atoms with Crippen LogP contribution in [0.1, 0.15) is 115 Å². The summed E-state index contributed by atoms with van der Waals surface area (Å²) in [5.74, 6) is 0.0305. The van der Waals surface area contributed by atoms with E-state index in [4.69, 9.17) is 4.42 Å². The smallest absolute Gasteiger partial charge is 0.177 e. The van der Waals surface area contributed by atoms with E-state index in [1.165, 1.54) is 109 Å². The molecular formula is C26H48INO3. The molecular weight excluding hydrogens is 501 g/mol. The van der Waals surface area contributed by atoms with Gasteiger partial charge in [-0.2, -0.15) is 0 Å². The van der Waals surface area contributed by atoms with E-state index in [1.54, 1.807) is 0 Å². The summed E-state index contributed by atoms with van der Waals surface area (Å²) in [4.78, 5) is 11.5. The molecule has 0 atom stereocenters. The van der Waals surface area contributed by atoms with Gasteiger partial charge in [0.1, 0.15) is 6.54 Å². The second-order valence-corrected chi connectivity index (χ2v) is 9.70. The van der Waals surface area contributed by atoms with Crippen LogP contribution in [0.3, 0.4) is 0 Å². The predicted molar refractivity (Wildman–Crippen MR) is 140 cm³/mol. The van der Waals surface area contributed by atoms with Crippen LogP contribution in [0.4, 0.5) is 0 Å². The Kier molecular flexibility index (Phi) is 18.6. The first-order valence-electron chi connectivity index (χ1n) is 12.6. The number of nitrogens with zero attached hydrogens (tertiary/aromatic N) is 1. The van der Waals surface area contributed by atoms with Crippen LogP contribution in [-0.4, -0.2) is 25.1 Å². The summed E-state index contributed by atoms with van der Waals surface area (Å²) in [5, 5.41) is 11.2. The third-order valence-electron chi connectivity index (χ3n) is 6.05. The van der Waals surface area contributed by atoms with E-state index in [2.05, 4.69) is 21.0 Å². The Balaban J connectivity index is 0.00000900. The van der Waals surface area contributed by atoms with Crippen molar-refractivity contribution in [1.29, 1.82) is 0 Å². The molecule has 0 aromatic carbocycles. The van der Waals surface area contributed by atoms with Crippen LogP contribution in [-0.2, 0) is 6.54 Å². The van der Waals surface area contributed by atoms with Crippen LogP contribution in [0.15, 0.2) is 21.5 Å². The monoisotopic (exact) mass is 549 g/mol. The van der Waals surface area contributed by atoms with Crippen molar-refractivity contribution in [2.75, 3.05) is 20.6 Å². The van der Waals surface area contributed by atoms with Crippen LogP contribution in [0.2, 0.25) is 0 Å². The topological polar surface area (TPSA) is 53.3 Å². The summed E-state index contributed by atoms with van der Waals surface area (Å²) in [6.07, 6.45) is 23.1. The molecule has 0 aliphatic heterocycles. The summed E-state index contributed by atoms with van der Waals surface area (Å²) < 4.78 is 6.06. The molecule has 182 valence electrons. The number of rotatable bonds is 19. The zero-order valence-corrected chi connectivity index (χ0v) is 22.8. The lowest BCUT2D eigenvalue weighted by Crippen LogP contribution is -2.39. The van der Waals surface area contributed by atoms with E-state index in [1.807, 2.05) is 0 Å². The highest BCUT2D eigenvalue weighted by Crippen LogP contribution is 2.15. The third kappa shape index (κ3) is 16.7. The average molecular weight is 550 g/mol. The van der Waals surface area contributed by atoms with Crippen molar-refractivity contribution in [3.05, 3.63) is 28.3 Å². The van der Waals surface area contributed by atoms with Gasteiger partial charge in [0.05, 0.1) is 26.9 Å². The van der Waals surface area contributed by atoms with Crippen LogP contribution in [0.5, 0.6) is 5.75 Å². The average Bonchev–Trinajstić information content (AvgIpc) is 2.70. The number of hydrogen-bond donors (Lipinski definition) is 0. The SMILES string of the molecule is CCCCCCCCCCCCCCCCCC[N+](C)(C)Cc1cc(=O)c([O-])co1.I. The number of quaternary nitrogens is 1. The van der Waals surface area contributed by atoms with Gasteiger partial charge in [0.15, 0.2) is 11.2 Å². The molecule has 0 amide bonds. The van der Waals surface area contributed by atoms with Gasteiger partial charge in [-0.3, -0.25) is 4.79 Å². The molecule has 0 spiro atoms. The van der Waals surface area contributed by atoms with Crippen molar-refractivity contribution >= 4 is 24.0 Å². The van der Waals surface area contributed by atoms with E-state index in [9.17, 15) is 9.90 Å². The van der Waals surface area contributed by atoms with Gasteiger partial charge in [-0.15, -0.1) is 24.0 Å². The minimum Gasteiger partial charge on any atom is -0.868 e. The molecule has 4 nitrogen and oxygen atoms in total. The molecule has 0 aliphatic carbocycles. The van der Waals surface area contributed by atoms with Crippen LogP contribution in [0.25, 0.3) is 0 Å². The first kappa shape index (κ1) is 30.4. The Morgan fingerprint density at radius 2 is 1.19 bits per heavy atom. The van der Waals surface area contributed by atoms with Crippen LogP contribution < -0.4 is 10.5 Å². The molecule has 0 bridgehead atoms. The quantitative estimate of drug-likeness (QED) is 0.104. The number of halogens is 1. The Labute approximate surface area is 208 Å². The predicted octanol–water partition coefficient (Wildman–Crippen LogP) is 7.17. The molecule has 0 N–H and O–H groups in total. The lowest BCUT2D eigenvalue weighted by molar-refractivity contribution is -0.904. The molecule has 1 aromatic heterocycles. The molecule has 1 rings (SSSR count).